The van der Waals surface area contributed by atoms with E-state index in [9.17, 15) is 18.8 Å². The average Bonchev–Trinajstić information content (AvgIpc) is 3.08. The van der Waals surface area contributed by atoms with Crippen molar-refractivity contribution >= 4 is 23.5 Å². The Balaban J connectivity index is 1.62. The van der Waals surface area contributed by atoms with E-state index < -0.39 is 11.6 Å². The van der Waals surface area contributed by atoms with Crippen molar-refractivity contribution in [1.29, 1.82) is 0 Å². The van der Waals surface area contributed by atoms with Gasteiger partial charge in [-0.15, -0.1) is 0 Å². The Morgan fingerprint density at radius 3 is 2.31 bits per heavy atom. The third-order valence-electron chi connectivity index (χ3n) is 7.13. The Bertz CT molecular complexity index is 1170. The number of halogens is 1. The van der Waals surface area contributed by atoms with E-state index in [1.165, 1.54) is 12.1 Å². The maximum atomic E-state index is 13.8. The van der Waals surface area contributed by atoms with Crippen molar-refractivity contribution in [2.75, 3.05) is 6.54 Å². The topological polar surface area (TPSA) is 99.1 Å². The van der Waals surface area contributed by atoms with Gasteiger partial charge in [0.05, 0.1) is 12.5 Å². The number of carbonyl (C=O) groups is 3. The van der Waals surface area contributed by atoms with Crippen LogP contribution >= 0.6 is 0 Å². The molecule has 0 radical (unpaired) electrons. The fourth-order valence-electron chi connectivity index (χ4n) is 5.73. The van der Waals surface area contributed by atoms with Crippen LogP contribution in [-0.2, 0) is 9.59 Å². The van der Waals surface area contributed by atoms with Gasteiger partial charge in [-0.3, -0.25) is 19.4 Å². The third-order valence-corrected chi connectivity index (χ3v) is 7.13. The van der Waals surface area contributed by atoms with Crippen LogP contribution < -0.4 is 5.32 Å². The predicted octanol–water partition coefficient (Wildman–Crippen LogP) is 4.58. The molecule has 2 N–H and O–H groups in total. The summed E-state index contributed by atoms with van der Waals surface area (Å²) in [6, 6.07) is 12.6. The fourth-order valence-corrected chi connectivity index (χ4v) is 5.73. The quantitative estimate of drug-likeness (QED) is 0.590. The minimum absolute atomic E-state index is 0.0526. The van der Waals surface area contributed by atoms with Gasteiger partial charge in [0.25, 0.3) is 11.8 Å². The maximum absolute atomic E-state index is 13.8. The van der Waals surface area contributed by atoms with Gasteiger partial charge in [0.1, 0.15) is 17.2 Å². The van der Waals surface area contributed by atoms with Crippen LogP contribution in [0.15, 0.2) is 53.5 Å². The van der Waals surface area contributed by atoms with Gasteiger partial charge < -0.3 is 15.3 Å². The monoisotopic (exact) mass is 493 g/mol. The van der Waals surface area contributed by atoms with E-state index in [1.807, 2.05) is 24.0 Å². The predicted molar refractivity (Wildman–Crippen MR) is 134 cm³/mol. The number of nitrogens with one attached hydrogen (secondary N) is 1. The van der Waals surface area contributed by atoms with E-state index in [0.717, 1.165) is 24.8 Å². The van der Waals surface area contributed by atoms with Crippen LogP contribution in [0.25, 0.3) is 0 Å². The number of amides is 2. The summed E-state index contributed by atoms with van der Waals surface area (Å²) in [4.78, 5) is 43.8. The van der Waals surface area contributed by atoms with Gasteiger partial charge in [0.2, 0.25) is 0 Å². The SMILES string of the molecule is CC1CC(C)CC2(C1)N=C(c1ccc(F)cc1)C(=O)N2[C@H](C)c1ccc(C(=O)NCCC(=O)O)cc1. The molecule has 1 heterocycles. The summed E-state index contributed by atoms with van der Waals surface area (Å²) in [7, 11) is 0. The van der Waals surface area contributed by atoms with Crippen LogP contribution in [0.3, 0.4) is 0 Å². The summed E-state index contributed by atoms with van der Waals surface area (Å²) in [5.41, 5.74) is 1.57. The van der Waals surface area contributed by atoms with Gasteiger partial charge in [-0.2, -0.15) is 0 Å². The molecule has 36 heavy (non-hydrogen) atoms. The van der Waals surface area contributed by atoms with Gasteiger partial charge in [0, 0.05) is 17.7 Å². The molecule has 2 amide bonds. The molecule has 1 fully saturated rings. The molecule has 2 aromatic carbocycles. The summed E-state index contributed by atoms with van der Waals surface area (Å²) in [6.45, 7) is 6.40. The van der Waals surface area contributed by atoms with Crippen molar-refractivity contribution in [1.82, 2.24) is 10.2 Å². The highest BCUT2D eigenvalue weighted by Gasteiger charge is 2.52. The summed E-state index contributed by atoms with van der Waals surface area (Å²) in [5, 5.41) is 11.3. The minimum atomic E-state index is -0.975. The van der Waals surface area contributed by atoms with Crippen molar-refractivity contribution in [2.45, 2.75) is 58.2 Å². The lowest BCUT2D eigenvalue weighted by Gasteiger charge is -2.46. The molecule has 1 aliphatic carbocycles. The second kappa shape index (κ2) is 10.2. The normalized spacial score (nSPS) is 24.5. The first-order valence-corrected chi connectivity index (χ1v) is 12.4. The van der Waals surface area contributed by atoms with Crippen molar-refractivity contribution in [3.63, 3.8) is 0 Å². The minimum Gasteiger partial charge on any atom is -0.481 e. The van der Waals surface area contributed by atoms with E-state index in [0.29, 0.717) is 28.7 Å². The van der Waals surface area contributed by atoms with Crippen molar-refractivity contribution in [3.8, 4) is 0 Å². The van der Waals surface area contributed by atoms with Crippen LogP contribution in [0.1, 0.15) is 74.0 Å². The van der Waals surface area contributed by atoms with Gasteiger partial charge in [0.15, 0.2) is 0 Å². The van der Waals surface area contributed by atoms with Crippen LogP contribution in [0, 0.1) is 17.7 Å². The average molecular weight is 494 g/mol. The first-order valence-electron chi connectivity index (χ1n) is 12.4. The molecule has 2 unspecified atom stereocenters. The molecule has 1 spiro atoms. The lowest BCUT2D eigenvalue weighted by molar-refractivity contribution is -0.137. The Labute approximate surface area is 210 Å². The highest BCUT2D eigenvalue weighted by atomic mass is 19.1. The second-order valence-corrected chi connectivity index (χ2v) is 10.2. The van der Waals surface area contributed by atoms with Crippen LogP contribution in [0.4, 0.5) is 4.39 Å². The molecule has 3 atom stereocenters. The van der Waals surface area contributed by atoms with Gasteiger partial charge in [-0.25, -0.2) is 4.39 Å². The van der Waals surface area contributed by atoms with Crippen molar-refractivity contribution in [2.24, 2.45) is 16.8 Å². The first kappa shape index (κ1) is 25.5. The molecule has 8 heteroatoms. The number of carboxylic acid groups (broad SMARTS) is 1. The molecule has 190 valence electrons. The standard InChI is InChI=1S/C28H32FN3O4/c1-17-14-18(2)16-28(15-17)31-25(21-8-10-23(29)11-9-21)27(36)32(28)19(3)20-4-6-22(7-5-20)26(35)30-13-12-24(33)34/h4-11,17-19H,12-16H2,1-3H3,(H,30,35)(H,33,34)/t17?,18?,19-,28?/m1/s1. The molecular weight excluding hydrogens is 461 g/mol. The molecule has 7 nitrogen and oxygen atoms in total. The zero-order valence-corrected chi connectivity index (χ0v) is 20.8. The van der Waals surface area contributed by atoms with Crippen LogP contribution in [-0.4, -0.2) is 45.7 Å². The highest BCUT2D eigenvalue weighted by molar-refractivity contribution is 6.46. The molecule has 0 saturated heterocycles. The molecule has 0 aromatic heterocycles. The second-order valence-electron chi connectivity index (χ2n) is 10.2. The number of carboxylic acids is 1. The molecule has 4 rings (SSSR count). The largest absolute Gasteiger partial charge is 0.481 e. The number of benzene rings is 2. The molecule has 0 bridgehead atoms. The maximum Gasteiger partial charge on any atom is 0.305 e. The molecule has 2 aromatic rings. The number of carbonyl (C=O) groups excluding carboxylic acids is 2. The molecule has 2 aliphatic rings. The number of nitrogens with zero attached hydrogens (tertiary/aromatic N) is 2. The Morgan fingerprint density at radius 2 is 1.72 bits per heavy atom. The molecule has 1 saturated carbocycles. The van der Waals surface area contributed by atoms with E-state index in [4.69, 9.17) is 10.1 Å². The molecule has 1 aliphatic heterocycles. The van der Waals surface area contributed by atoms with Crippen molar-refractivity contribution < 1.29 is 23.9 Å². The number of aliphatic imine (C=N–C) groups is 1. The summed E-state index contributed by atoms with van der Waals surface area (Å²) < 4.78 is 13.6. The number of aliphatic carboxylic acids is 1. The lowest BCUT2D eigenvalue weighted by Crippen LogP contribution is -2.51. The molecular formula is C28H32FN3O4. The summed E-state index contributed by atoms with van der Waals surface area (Å²) in [6.07, 6.45) is 2.43. The summed E-state index contributed by atoms with van der Waals surface area (Å²) >= 11 is 0. The van der Waals surface area contributed by atoms with E-state index in [-0.39, 0.29) is 36.6 Å². The lowest BCUT2D eigenvalue weighted by atomic mass is 9.75. The number of rotatable bonds is 7. The number of hydrogen-bond donors (Lipinski definition) is 2. The highest BCUT2D eigenvalue weighted by Crippen LogP contribution is 2.47. The Morgan fingerprint density at radius 1 is 1.11 bits per heavy atom. The van der Waals surface area contributed by atoms with Crippen LogP contribution in [0.5, 0.6) is 0 Å². The van der Waals surface area contributed by atoms with Crippen LogP contribution in [0.2, 0.25) is 0 Å². The first-order chi connectivity index (χ1) is 17.1. The van der Waals surface area contributed by atoms with Gasteiger partial charge in [-0.1, -0.05) is 26.0 Å². The smallest absolute Gasteiger partial charge is 0.305 e. The summed E-state index contributed by atoms with van der Waals surface area (Å²) in [5.74, 6) is -1.07. The number of hydrogen-bond acceptors (Lipinski definition) is 4. The van der Waals surface area contributed by atoms with E-state index >= 15 is 0 Å². The van der Waals surface area contributed by atoms with Gasteiger partial charge in [-0.05, 0) is 80.0 Å². The zero-order chi connectivity index (χ0) is 26.0. The fraction of sp³-hybridized carbons (Fsp3) is 0.429. The zero-order valence-electron chi connectivity index (χ0n) is 20.8. The van der Waals surface area contributed by atoms with Crippen molar-refractivity contribution in [3.05, 3.63) is 71.0 Å². The van der Waals surface area contributed by atoms with E-state index in [2.05, 4.69) is 19.2 Å². The van der Waals surface area contributed by atoms with E-state index in [1.54, 1.807) is 24.3 Å². The van der Waals surface area contributed by atoms with Gasteiger partial charge >= 0.3 is 5.97 Å². The third kappa shape index (κ3) is 5.17. The Kier molecular flexibility index (Phi) is 7.24. The Hall–Kier alpha value is -3.55.